The summed E-state index contributed by atoms with van der Waals surface area (Å²) in [6.45, 7) is 8.86. The molecule has 80 valence electrons. The molecule has 2 atom stereocenters. The number of allylic oxidation sites excluding steroid dienone is 1. The lowest BCUT2D eigenvalue weighted by molar-refractivity contribution is 0.880. The predicted octanol–water partition coefficient (Wildman–Crippen LogP) is 3.42. The number of benzene rings is 1. The van der Waals surface area contributed by atoms with Gasteiger partial charge in [-0.05, 0) is 18.3 Å². The molecule has 1 aliphatic carbocycles. The van der Waals surface area contributed by atoms with Crippen molar-refractivity contribution in [2.75, 3.05) is 0 Å². The van der Waals surface area contributed by atoms with Gasteiger partial charge in [0.25, 0.3) is 0 Å². The van der Waals surface area contributed by atoms with Gasteiger partial charge in [0, 0.05) is 0 Å². The van der Waals surface area contributed by atoms with Gasteiger partial charge in [0.05, 0.1) is 8.07 Å². The Balaban J connectivity index is 2.04. The maximum Gasteiger partial charge on any atom is 0.0809 e. The van der Waals surface area contributed by atoms with Crippen molar-refractivity contribution in [3.8, 4) is 0 Å². The third-order valence-corrected chi connectivity index (χ3v) is 7.05. The van der Waals surface area contributed by atoms with E-state index >= 15 is 0 Å². The molecule has 1 aromatic carbocycles. The second-order valence-electron chi connectivity index (χ2n) is 5.35. The molecule has 0 spiro atoms. The van der Waals surface area contributed by atoms with Gasteiger partial charge in [-0.1, -0.05) is 60.7 Å². The van der Waals surface area contributed by atoms with Gasteiger partial charge in [0.15, 0.2) is 0 Å². The molecule has 15 heavy (non-hydrogen) atoms. The van der Waals surface area contributed by atoms with Crippen molar-refractivity contribution in [2.45, 2.75) is 25.6 Å². The predicted molar refractivity (Wildman–Crippen MR) is 70.2 cm³/mol. The number of hydrogen-bond acceptors (Lipinski definition) is 0. The zero-order valence-electron chi connectivity index (χ0n) is 9.74. The molecule has 0 saturated heterocycles. The fourth-order valence-corrected chi connectivity index (χ4v) is 5.57. The van der Waals surface area contributed by atoms with E-state index < -0.39 is 8.07 Å². The van der Waals surface area contributed by atoms with Crippen molar-refractivity contribution in [2.24, 2.45) is 11.8 Å². The van der Waals surface area contributed by atoms with E-state index in [0.29, 0.717) is 0 Å². The summed E-state index contributed by atoms with van der Waals surface area (Å²) in [6.07, 6.45) is 3.52. The first-order chi connectivity index (χ1) is 7.13. The van der Waals surface area contributed by atoms with Gasteiger partial charge in [-0.15, -0.1) is 6.58 Å². The molecular weight excluding hydrogens is 196 g/mol. The SMILES string of the molecule is C=CC1CC1C[Si](C)(C)c1ccccc1. The van der Waals surface area contributed by atoms with Crippen molar-refractivity contribution in [3.05, 3.63) is 43.0 Å². The lowest BCUT2D eigenvalue weighted by atomic mass is 10.3. The van der Waals surface area contributed by atoms with E-state index in [-0.39, 0.29) is 0 Å². The molecule has 1 fully saturated rings. The van der Waals surface area contributed by atoms with Crippen LogP contribution in [0, 0.1) is 11.8 Å². The molecule has 1 aromatic rings. The molecule has 0 bridgehead atoms. The quantitative estimate of drug-likeness (QED) is 0.534. The summed E-state index contributed by atoms with van der Waals surface area (Å²) in [6, 6.07) is 12.5. The highest BCUT2D eigenvalue weighted by atomic mass is 28.3. The Morgan fingerprint density at radius 3 is 2.53 bits per heavy atom. The van der Waals surface area contributed by atoms with Crippen LogP contribution < -0.4 is 5.19 Å². The Bertz CT molecular complexity index is 340. The fraction of sp³-hybridized carbons (Fsp3) is 0.429. The lowest BCUT2D eigenvalue weighted by Crippen LogP contribution is -2.41. The van der Waals surface area contributed by atoms with Crippen molar-refractivity contribution in [3.63, 3.8) is 0 Å². The van der Waals surface area contributed by atoms with Crippen LogP contribution >= 0.6 is 0 Å². The maximum absolute atomic E-state index is 3.89. The minimum atomic E-state index is -1.19. The van der Waals surface area contributed by atoms with Gasteiger partial charge in [-0.3, -0.25) is 0 Å². The molecule has 0 heterocycles. The van der Waals surface area contributed by atoms with E-state index in [1.165, 1.54) is 12.5 Å². The largest absolute Gasteiger partial charge is 0.103 e. The molecular formula is C14H20Si. The third kappa shape index (κ3) is 2.40. The van der Waals surface area contributed by atoms with Crippen LogP contribution in [0.3, 0.4) is 0 Å². The molecule has 0 aromatic heterocycles. The van der Waals surface area contributed by atoms with Crippen LogP contribution in [0.15, 0.2) is 43.0 Å². The number of hydrogen-bond donors (Lipinski definition) is 0. The third-order valence-electron chi connectivity index (χ3n) is 3.61. The molecule has 1 heteroatoms. The second kappa shape index (κ2) is 3.97. The van der Waals surface area contributed by atoms with Gasteiger partial charge in [-0.2, -0.15) is 0 Å². The summed E-state index contributed by atoms with van der Waals surface area (Å²) in [4.78, 5) is 0. The van der Waals surface area contributed by atoms with Crippen molar-refractivity contribution in [1.82, 2.24) is 0 Å². The van der Waals surface area contributed by atoms with E-state index in [0.717, 1.165) is 11.8 Å². The highest BCUT2D eigenvalue weighted by Crippen LogP contribution is 2.44. The number of rotatable bonds is 4. The first kappa shape index (κ1) is 10.7. The second-order valence-corrected chi connectivity index (χ2v) is 10.1. The average Bonchev–Trinajstić information content (AvgIpc) is 2.97. The standard InChI is InChI=1S/C14H20Si/c1-4-12-10-13(12)11-15(2,3)14-8-6-5-7-9-14/h4-9,12-13H,1,10-11H2,2-3H3. The van der Waals surface area contributed by atoms with Gasteiger partial charge in [-0.25, -0.2) is 0 Å². The first-order valence-corrected chi connectivity index (χ1v) is 9.02. The van der Waals surface area contributed by atoms with E-state index in [4.69, 9.17) is 0 Å². The zero-order chi connectivity index (χ0) is 10.9. The fourth-order valence-electron chi connectivity index (χ4n) is 2.46. The zero-order valence-corrected chi connectivity index (χ0v) is 10.7. The van der Waals surface area contributed by atoms with Crippen LogP contribution in [0.4, 0.5) is 0 Å². The van der Waals surface area contributed by atoms with Crippen LogP contribution in [0.1, 0.15) is 6.42 Å². The maximum atomic E-state index is 3.89. The van der Waals surface area contributed by atoms with Crippen LogP contribution in [0.25, 0.3) is 0 Å². The Kier molecular flexibility index (Phi) is 2.83. The highest BCUT2D eigenvalue weighted by Gasteiger charge is 2.39. The summed E-state index contributed by atoms with van der Waals surface area (Å²) in [5, 5.41) is 1.60. The van der Waals surface area contributed by atoms with Crippen LogP contribution in [-0.2, 0) is 0 Å². The summed E-state index contributed by atoms with van der Waals surface area (Å²) >= 11 is 0. The summed E-state index contributed by atoms with van der Waals surface area (Å²) < 4.78 is 0. The molecule has 1 aliphatic rings. The minimum absolute atomic E-state index is 0.820. The highest BCUT2D eigenvalue weighted by molar-refractivity contribution is 6.89. The van der Waals surface area contributed by atoms with Crippen LogP contribution in [0.2, 0.25) is 19.1 Å². The van der Waals surface area contributed by atoms with E-state index in [2.05, 4.69) is 56.1 Å². The van der Waals surface area contributed by atoms with Crippen LogP contribution in [0.5, 0.6) is 0 Å². The van der Waals surface area contributed by atoms with E-state index in [1.807, 2.05) is 0 Å². The van der Waals surface area contributed by atoms with Gasteiger partial charge < -0.3 is 0 Å². The monoisotopic (exact) mass is 216 g/mol. The normalized spacial score (nSPS) is 24.9. The molecule has 2 unspecified atom stereocenters. The van der Waals surface area contributed by atoms with Crippen LogP contribution in [-0.4, -0.2) is 8.07 Å². The smallest absolute Gasteiger partial charge is 0.0809 e. The van der Waals surface area contributed by atoms with E-state index in [1.54, 1.807) is 5.19 Å². The Morgan fingerprint density at radius 1 is 1.33 bits per heavy atom. The topological polar surface area (TPSA) is 0 Å². The molecule has 0 radical (unpaired) electrons. The van der Waals surface area contributed by atoms with E-state index in [9.17, 15) is 0 Å². The Labute approximate surface area is 94.0 Å². The lowest BCUT2D eigenvalue weighted by Gasteiger charge is -2.22. The molecule has 0 amide bonds. The van der Waals surface area contributed by atoms with Gasteiger partial charge in [0.2, 0.25) is 0 Å². The summed E-state index contributed by atoms with van der Waals surface area (Å²) in [5.41, 5.74) is 0. The minimum Gasteiger partial charge on any atom is -0.103 e. The molecule has 2 rings (SSSR count). The van der Waals surface area contributed by atoms with Gasteiger partial charge >= 0.3 is 0 Å². The Morgan fingerprint density at radius 2 is 2.00 bits per heavy atom. The summed E-state index contributed by atoms with van der Waals surface area (Å²) in [7, 11) is -1.19. The summed E-state index contributed by atoms with van der Waals surface area (Å²) in [5.74, 6) is 1.75. The molecule has 0 nitrogen and oxygen atoms in total. The molecule has 0 N–H and O–H groups in total. The Hall–Kier alpha value is -0.823. The molecule has 1 saturated carbocycles. The first-order valence-electron chi connectivity index (χ1n) is 5.81. The van der Waals surface area contributed by atoms with Crippen molar-refractivity contribution >= 4 is 13.3 Å². The van der Waals surface area contributed by atoms with Crippen molar-refractivity contribution < 1.29 is 0 Å². The van der Waals surface area contributed by atoms with Gasteiger partial charge in [0.1, 0.15) is 0 Å². The average molecular weight is 216 g/mol. The molecule has 0 aliphatic heterocycles. The van der Waals surface area contributed by atoms with Crippen molar-refractivity contribution in [1.29, 1.82) is 0 Å².